The Bertz CT molecular complexity index is 1590. The van der Waals surface area contributed by atoms with Crippen molar-refractivity contribution in [3.63, 3.8) is 0 Å². The fourth-order valence-corrected chi connectivity index (χ4v) is 5.77. The first-order valence-electron chi connectivity index (χ1n) is 11.6. The van der Waals surface area contributed by atoms with Crippen molar-refractivity contribution in [1.29, 1.82) is 0 Å². The highest BCUT2D eigenvalue weighted by Gasteiger charge is 2.37. The first-order valence-corrected chi connectivity index (χ1v) is 13.1. The second-order valence-corrected chi connectivity index (χ2v) is 10.8. The van der Waals surface area contributed by atoms with E-state index < -0.39 is 57.8 Å². The summed E-state index contributed by atoms with van der Waals surface area (Å²) in [6.45, 7) is -1.76. The Morgan fingerprint density at radius 2 is 1.97 bits per heavy atom. The van der Waals surface area contributed by atoms with Crippen LogP contribution in [-0.4, -0.2) is 71.9 Å². The van der Waals surface area contributed by atoms with Gasteiger partial charge in [0, 0.05) is 44.4 Å². The van der Waals surface area contributed by atoms with Gasteiger partial charge < -0.3 is 15.7 Å². The molecule has 1 saturated heterocycles. The summed E-state index contributed by atoms with van der Waals surface area (Å²) >= 11 is 0. The summed E-state index contributed by atoms with van der Waals surface area (Å²) < 4.78 is 70.5. The molecule has 11 nitrogen and oxygen atoms in total. The van der Waals surface area contributed by atoms with E-state index in [1.165, 1.54) is 30.5 Å². The molecule has 2 aromatic heterocycles. The summed E-state index contributed by atoms with van der Waals surface area (Å²) in [6.07, 6.45) is 1.50. The van der Waals surface area contributed by atoms with Gasteiger partial charge in [-0.15, -0.1) is 0 Å². The number of benzene rings is 1. The fourth-order valence-electron chi connectivity index (χ4n) is 4.57. The van der Waals surface area contributed by atoms with Crippen LogP contribution in [0.3, 0.4) is 0 Å². The number of rotatable bonds is 6. The maximum Gasteiger partial charge on any atom is 0.282 e. The highest BCUT2D eigenvalue weighted by molar-refractivity contribution is 7.87. The van der Waals surface area contributed by atoms with E-state index in [4.69, 9.17) is 0 Å². The molecule has 2 aliphatic rings. The zero-order valence-corrected chi connectivity index (χ0v) is 20.6. The van der Waals surface area contributed by atoms with Crippen LogP contribution >= 0.6 is 0 Å². The predicted octanol–water partition coefficient (Wildman–Crippen LogP) is 0.773. The van der Waals surface area contributed by atoms with Crippen molar-refractivity contribution in [2.24, 2.45) is 0 Å². The maximum atomic E-state index is 14.7. The number of nitrogens with zero attached hydrogens (tertiary/aromatic N) is 3. The molecule has 0 radical (unpaired) electrons. The molecule has 3 aromatic rings. The van der Waals surface area contributed by atoms with Crippen LogP contribution in [0.4, 0.5) is 18.9 Å². The van der Waals surface area contributed by atoms with E-state index in [-0.39, 0.29) is 49.3 Å². The van der Waals surface area contributed by atoms with E-state index in [1.54, 1.807) is 0 Å². The van der Waals surface area contributed by atoms with Crippen LogP contribution in [0.5, 0.6) is 5.75 Å². The van der Waals surface area contributed by atoms with Crippen molar-refractivity contribution in [3.8, 4) is 5.75 Å². The van der Waals surface area contributed by atoms with Gasteiger partial charge in [-0.3, -0.25) is 19.1 Å². The Morgan fingerprint density at radius 1 is 1.24 bits per heavy atom. The van der Waals surface area contributed by atoms with Gasteiger partial charge in [0.25, 0.3) is 27.6 Å². The summed E-state index contributed by atoms with van der Waals surface area (Å²) in [6, 6.07) is 5.56. The lowest BCUT2D eigenvalue weighted by atomic mass is 10.0. The molecular weight excluding hydrogens is 529 g/mol. The Balaban J connectivity index is 1.54. The van der Waals surface area contributed by atoms with E-state index in [0.717, 1.165) is 8.87 Å². The van der Waals surface area contributed by atoms with Gasteiger partial charge in [-0.25, -0.2) is 17.9 Å². The smallest absolute Gasteiger partial charge is 0.282 e. The molecule has 1 aromatic carbocycles. The lowest BCUT2D eigenvalue weighted by molar-refractivity contribution is -0.000938. The monoisotopic (exact) mass is 552 g/mol. The average molecular weight is 553 g/mol. The van der Waals surface area contributed by atoms with Crippen molar-refractivity contribution in [1.82, 2.24) is 23.9 Å². The van der Waals surface area contributed by atoms with Crippen molar-refractivity contribution in [2.75, 3.05) is 38.0 Å². The van der Waals surface area contributed by atoms with Gasteiger partial charge >= 0.3 is 0 Å². The fraction of sp³-hybridized carbons (Fsp3) is 0.348. The van der Waals surface area contributed by atoms with E-state index in [2.05, 4.69) is 20.3 Å². The molecule has 0 atom stereocenters. The summed E-state index contributed by atoms with van der Waals surface area (Å²) in [5.74, 6) is -5.66. The molecule has 0 saturated carbocycles. The molecule has 5 rings (SSSR count). The number of hydrogen-bond acceptors (Lipinski definition) is 7. The number of anilines is 1. The predicted molar refractivity (Wildman–Crippen MR) is 131 cm³/mol. The number of amides is 1. The Morgan fingerprint density at radius 3 is 2.66 bits per heavy atom. The normalized spacial score (nSPS) is 18.2. The third-order valence-electron chi connectivity index (χ3n) is 6.40. The third-order valence-corrected chi connectivity index (χ3v) is 8.02. The van der Waals surface area contributed by atoms with Gasteiger partial charge in [0.2, 0.25) is 0 Å². The van der Waals surface area contributed by atoms with Crippen LogP contribution in [0.1, 0.15) is 21.5 Å². The van der Waals surface area contributed by atoms with Crippen molar-refractivity contribution in [2.45, 2.75) is 18.9 Å². The number of pyridine rings is 2. The van der Waals surface area contributed by atoms with Crippen LogP contribution < -0.4 is 20.9 Å². The molecule has 1 amide bonds. The minimum absolute atomic E-state index is 0.0879. The summed E-state index contributed by atoms with van der Waals surface area (Å²) in [4.78, 5) is 30.4. The molecule has 15 heteroatoms. The topological polar surface area (TPSA) is 146 Å². The minimum Gasteiger partial charge on any atom is -0.505 e. The number of nitrogens with one attached hydrogen (secondary N) is 3. The Labute approximate surface area is 214 Å². The van der Waals surface area contributed by atoms with Crippen LogP contribution in [0.15, 0.2) is 35.3 Å². The van der Waals surface area contributed by atoms with Crippen LogP contribution in [-0.2, 0) is 23.2 Å². The minimum atomic E-state index is -3.65. The zero-order valence-electron chi connectivity index (χ0n) is 19.8. The van der Waals surface area contributed by atoms with E-state index in [0.29, 0.717) is 11.1 Å². The number of carbonyl (C=O) groups is 1. The summed E-state index contributed by atoms with van der Waals surface area (Å²) in [7, 11) is -3.65. The average Bonchev–Trinajstić information content (AvgIpc) is 3.11. The quantitative estimate of drug-likeness (QED) is 0.354. The first-order chi connectivity index (χ1) is 18.0. The molecule has 0 aliphatic carbocycles. The highest BCUT2D eigenvalue weighted by Crippen LogP contribution is 2.36. The van der Waals surface area contributed by atoms with Crippen molar-refractivity contribution in [3.05, 3.63) is 63.3 Å². The van der Waals surface area contributed by atoms with Crippen LogP contribution in [0, 0.1) is 5.82 Å². The van der Waals surface area contributed by atoms with Gasteiger partial charge in [-0.2, -0.15) is 12.7 Å². The van der Waals surface area contributed by atoms with E-state index in [1.807, 2.05) is 0 Å². The van der Waals surface area contributed by atoms with Crippen LogP contribution in [0.2, 0.25) is 0 Å². The lowest BCUT2D eigenvalue weighted by Crippen LogP contribution is -2.40. The molecule has 1 fully saturated rings. The van der Waals surface area contributed by atoms with E-state index >= 15 is 0 Å². The first kappa shape index (κ1) is 25.9. The molecule has 202 valence electrons. The van der Waals surface area contributed by atoms with Crippen molar-refractivity contribution < 1.29 is 31.5 Å². The number of aromatic nitrogens is 2. The van der Waals surface area contributed by atoms with Gasteiger partial charge in [0.05, 0.1) is 24.3 Å². The standard InChI is InChI=1S/C23H23F3N6O5S/c24-15-3-1-13(2-4-15)9-14-10-28-18-19-17(14)29-11-23(25,26)12-32(19)22(35)16(20(18)33)21(34)27-5-7-31-8-6-30-38(31,36)37/h1-4,10,29-30,33H,5-9,11-12H2,(H,27,34). The molecule has 0 bridgehead atoms. The maximum absolute atomic E-state index is 14.7. The summed E-state index contributed by atoms with van der Waals surface area (Å²) in [5.41, 5.74) is -1.02. The third kappa shape index (κ3) is 4.79. The van der Waals surface area contributed by atoms with Crippen molar-refractivity contribution >= 4 is 32.8 Å². The van der Waals surface area contributed by atoms with Gasteiger partial charge in [0.1, 0.15) is 16.9 Å². The van der Waals surface area contributed by atoms with Gasteiger partial charge in [-0.1, -0.05) is 12.1 Å². The Kier molecular flexibility index (Phi) is 6.53. The zero-order chi connectivity index (χ0) is 27.2. The molecular formula is C23H23F3N6O5S. The van der Waals surface area contributed by atoms with Gasteiger partial charge in [0.15, 0.2) is 5.75 Å². The molecule has 0 spiro atoms. The van der Waals surface area contributed by atoms with Crippen LogP contribution in [0.25, 0.3) is 11.0 Å². The Hall–Kier alpha value is -3.69. The number of aromatic hydroxyl groups is 1. The number of carbonyl (C=O) groups excluding carboxylic acids is 1. The molecule has 4 N–H and O–H groups in total. The SMILES string of the molecule is O=C(NCCN1CCNS1(=O)=O)c1c(O)c2ncc(Cc3ccc(F)cc3)c3c2n(c1=O)CC(F)(F)CN3. The molecule has 2 aliphatic heterocycles. The number of halogens is 3. The lowest BCUT2D eigenvalue weighted by Gasteiger charge is -2.18. The highest BCUT2D eigenvalue weighted by atomic mass is 32.2. The molecule has 0 unspecified atom stereocenters. The summed E-state index contributed by atoms with van der Waals surface area (Å²) in [5, 5.41) is 15.9. The second-order valence-electron chi connectivity index (χ2n) is 9.04. The van der Waals surface area contributed by atoms with Gasteiger partial charge in [-0.05, 0) is 17.7 Å². The largest absolute Gasteiger partial charge is 0.505 e. The number of hydrogen-bond donors (Lipinski definition) is 4. The molecule has 4 heterocycles. The van der Waals surface area contributed by atoms with E-state index in [9.17, 15) is 36.3 Å². The molecule has 38 heavy (non-hydrogen) atoms. The second kappa shape index (κ2) is 9.56. The number of alkyl halides is 2.